The van der Waals surface area contributed by atoms with Gasteiger partial charge in [0, 0.05) is 11.8 Å². The Morgan fingerprint density at radius 2 is 1.96 bits per heavy atom. The van der Waals surface area contributed by atoms with Crippen LogP contribution in [0.5, 0.6) is 11.5 Å². The van der Waals surface area contributed by atoms with Gasteiger partial charge in [-0.1, -0.05) is 6.07 Å². The second-order valence-electron chi connectivity index (χ2n) is 5.80. The maximum atomic E-state index is 11.9. The lowest BCUT2D eigenvalue weighted by atomic mass is 10.2. The lowest BCUT2D eigenvalue weighted by Gasteiger charge is -2.09. The third kappa shape index (κ3) is 5.88. The SMILES string of the molecule is CCOc1cc(/C=C/C(=O)NNC(=O)Cn2nc(C)cc2C)ccc1OC. The Hall–Kier alpha value is -3.29. The lowest BCUT2D eigenvalue weighted by molar-refractivity contribution is -0.127. The predicted octanol–water partition coefficient (Wildman–Crippen LogP) is 1.77. The molecule has 0 unspecified atom stereocenters. The highest BCUT2D eigenvalue weighted by atomic mass is 16.5. The molecular formula is C19H24N4O4. The van der Waals surface area contributed by atoms with Crippen LogP contribution >= 0.6 is 0 Å². The number of methoxy groups -OCH3 is 1. The van der Waals surface area contributed by atoms with E-state index in [0.29, 0.717) is 18.1 Å². The van der Waals surface area contributed by atoms with Crippen LogP contribution in [-0.2, 0) is 16.1 Å². The third-order valence-corrected chi connectivity index (χ3v) is 3.64. The summed E-state index contributed by atoms with van der Waals surface area (Å²) in [4.78, 5) is 23.8. The highest BCUT2D eigenvalue weighted by Crippen LogP contribution is 2.28. The number of aromatic nitrogens is 2. The number of amides is 2. The van der Waals surface area contributed by atoms with Crippen molar-refractivity contribution in [2.24, 2.45) is 0 Å². The average molecular weight is 372 g/mol. The number of carbonyl (C=O) groups is 2. The van der Waals surface area contributed by atoms with E-state index in [1.165, 1.54) is 6.08 Å². The van der Waals surface area contributed by atoms with Crippen molar-refractivity contribution in [1.82, 2.24) is 20.6 Å². The van der Waals surface area contributed by atoms with Crippen molar-refractivity contribution in [2.45, 2.75) is 27.3 Å². The molecule has 0 atom stereocenters. The minimum Gasteiger partial charge on any atom is -0.493 e. The number of aryl methyl sites for hydroxylation is 2. The fourth-order valence-electron chi connectivity index (χ4n) is 2.42. The normalized spacial score (nSPS) is 10.7. The predicted molar refractivity (Wildman–Crippen MR) is 101 cm³/mol. The number of hydrogen-bond acceptors (Lipinski definition) is 5. The van der Waals surface area contributed by atoms with Gasteiger partial charge in [-0.2, -0.15) is 5.10 Å². The molecule has 1 aromatic heterocycles. The van der Waals surface area contributed by atoms with Gasteiger partial charge in [-0.25, -0.2) is 0 Å². The van der Waals surface area contributed by atoms with Crippen molar-refractivity contribution in [2.75, 3.05) is 13.7 Å². The molecule has 144 valence electrons. The molecule has 0 aliphatic rings. The van der Waals surface area contributed by atoms with Gasteiger partial charge in [-0.15, -0.1) is 0 Å². The molecule has 2 rings (SSSR count). The third-order valence-electron chi connectivity index (χ3n) is 3.64. The number of rotatable bonds is 7. The van der Waals surface area contributed by atoms with Crippen LogP contribution < -0.4 is 20.3 Å². The number of nitrogens with one attached hydrogen (secondary N) is 2. The van der Waals surface area contributed by atoms with Gasteiger partial charge in [0.05, 0.1) is 19.4 Å². The lowest BCUT2D eigenvalue weighted by Crippen LogP contribution is -2.42. The first-order valence-electron chi connectivity index (χ1n) is 8.51. The Kier molecular flexibility index (Phi) is 6.99. The summed E-state index contributed by atoms with van der Waals surface area (Å²) in [6, 6.07) is 7.21. The van der Waals surface area contributed by atoms with E-state index in [-0.39, 0.29) is 12.5 Å². The molecule has 0 saturated carbocycles. The Balaban J connectivity index is 1.88. The topological polar surface area (TPSA) is 94.5 Å². The number of hydrogen-bond donors (Lipinski definition) is 2. The molecule has 0 aliphatic heterocycles. The molecule has 0 saturated heterocycles. The largest absolute Gasteiger partial charge is 0.493 e. The molecule has 2 aromatic rings. The molecule has 2 N–H and O–H groups in total. The van der Waals surface area contributed by atoms with Crippen LogP contribution in [0, 0.1) is 13.8 Å². The van der Waals surface area contributed by atoms with E-state index in [4.69, 9.17) is 9.47 Å². The van der Waals surface area contributed by atoms with E-state index < -0.39 is 5.91 Å². The van der Waals surface area contributed by atoms with Crippen LogP contribution in [0.1, 0.15) is 23.9 Å². The molecule has 0 fully saturated rings. The Bertz CT molecular complexity index is 842. The second-order valence-corrected chi connectivity index (χ2v) is 5.80. The van der Waals surface area contributed by atoms with Gasteiger partial charge >= 0.3 is 0 Å². The number of ether oxygens (including phenoxy) is 2. The Morgan fingerprint density at radius 1 is 1.19 bits per heavy atom. The standard InChI is InChI=1S/C19H24N4O4/c1-5-27-17-11-15(6-8-16(17)26-4)7-9-18(24)20-21-19(25)12-23-14(3)10-13(2)22-23/h6-11H,5,12H2,1-4H3,(H,20,24)(H,21,25)/b9-7+. The summed E-state index contributed by atoms with van der Waals surface area (Å²) in [6.07, 6.45) is 2.94. The summed E-state index contributed by atoms with van der Waals surface area (Å²) >= 11 is 0. The average Bonchev–Trinajstić information content (AvgIpc) is 2.95. The number of nitrogens with zero attached hydrogens (tertiary/aromatic N) is 2. The van der Waals surface area contributed by atoms with Crippen molar-refractivity contribution in [3.63, 3.8) is 0 Å². The van der Waals surface area contributed by atoms with E-state index in [9.17, 15) is 9.59 Å². The molecule has 0 radical (unpaired) electrons. The van der Waals surface area contributed by atoms with Crippen LogP contribution in [0.2, 0.25) is 0 Å². The zero-order chi connectivity index (χ0) is 19.8. The van der Waals surface area contributed by atoms with Crippen LogP contribution in [-0.4, -0.2) is 35.3 Å². The summed E-state index contributed by atoms with van der Waals surface area (Å²) in [7, 11) is 1.57. The van der Waals surface area contributed by atoms with E-state index in [1.807, 2.05) is 26.8 Å². The maximum Gasteiger partial charge on any atom is 0.262 e. The van der Waals surface area contributed by atoms with Gasteiger partial charge < -0.3 is 9.47 Å². The summed E-state index contributed by atoms with van der Waals surface area (Å²) in [5.74, 6) is 0.395. The highest BCUT2D eigenvalue weighted by molar-refractivity contribution is 5.93. The van der Waals surface area contributed by atoms with E-state index in [0.717, 1.165) is 17.0 Å². The van der Waals surface area contributed by atoms with Gasteiger partial charge in [0.25, 0.3) is 11.8 Å². The van der Waals surface area contributed by atoms with Gasteiger partial charge in [-0.3, -0.25) is 25.1 Å². The van der Waals surface area contributed by atoms with E-state index in [2.05, 4.69) is 16.0 Å². The first-order chi connectivity index (χ1) is 12.9. The fraction of sp³-hybridized carbons (Fsp3) is 0.316. The summed E-state index contributed by atoms with van der Waals surface area (Å²) in [5.41, 5.74) is 7.17. The van der Waals surface area contributed by atoms with Crippen molar-refractivity contribution in [3.05, 3.63) is 47.3 Å². The van der Waals surface area contributed by atoms with Gasteiger partial charge in [-0.05, 0) is 50.6 Å². The van der Waals surface area contributed by atoms with E-state index in [1.54, 1.807) is 36.1 Å². The van der Waals surface area contributed by atoms with Gasteiger partial charge in [0.2, 0.25) is 0 Å². The molecule has 1 aromatic carbocycles. The first-order valence-corrected chi connectivity index (χ1v) is 8.51. The van der Waals surface area contributed by atoms with Crippen molar-refractivity contribution >= 4 is 17.9 Å². The van der Waals surface area contributed by atoms with Crippen LogP contribution in [0.4, 0.5) is 0 Å². The van der Waals surface area contributed by atoms with Crippen molar-refractivity contribution in [3.8, 4) is 11.5 Å². The zero-order valence-corrected chi connectivity index (χ0v) is 15.9. The summed E-state index contributed by atoms with van der Waals surface area (Å²) in [6.45, 7) is 6.12. The highest BCUT2D eigenvalue weighted by Gasteiger charge is 2.08. The van der Waals surface area contributed by atoms with Crippen molar-refractivity contribution < 1.29 is 19.1 Å². The zero-order valence-electron chi connectivity index (χ0n) is 15.9. The Morgan fingerprint density at radius 3 is 2.59 bits per heavy atom. The number of hydrazine groups is 1. The number of benzene rings is 1. The van der Waals surface area contributed by atoms with Gasteiger partial charge in [0.1, 0.15) is 6.54 Å². The van der Waals surface area contributed by atoms with Crippen LogP contribution in [0.25, 0.3) is 6.08 Å². The maximum absolute atomic E-state index is 11.9. The molecule has 1 heterocycles. The molecule has 27 heavy (non-hydrogen) atoms. The monoisotopic (exact) mass is 372 g/mol. The molecular weight excluding hydrogens is 348 g/mol. The molecule has 8 nitrogen and oxygen atoms in total. The summed E-state index contributed by atoms with van der Waals surface area (Å²) < 4.78 is 12.3. The quantitative estimate of drug-likeness (QED) is 0.571. The first kappa shape index (κ1) is 20.0. The van der Waals surface area contributed by atoms with Crippen LogP contribution in [0.3, 0.4) is 0 Å². The van der Waals surface area contributed by atoms with Crippen molar-refractivity contribution in [1.29, 1.82) is 0 Å². The smallest absolute Gasteiger partial charge is 0.262 e. The molecule has 8 heteroatoms. The minimum atomic E-state index is -0.453. The van der Waals surface area contributed by atoms with Gasteiger partial charge in [0.15, 0.2) is 11.5 Å². The Labute approximate surface area is 158 Å². The molecule has 0 aliphatic carbocycles. The molecule has 0 bridgehead atoms. The number of carbonyl (C=O) groups excluding carboxylic acids is 2. The summed E-state index contributed by atoms with van der Waals surface area (Å²) in [5, 5.41) is 4.20. The fourth-order valence-corrected chi connectivity index (χ4v) is 2.42. The van der Waals surface area contributed by atoms with Crippen LogP contribution in [0.15, 0.2) is 30.3 Å². The van der Waals surface area contributed by atoms with E-state index >= 15 is 0 Å². The molecule has 0 spiro atoms. The molecule has 2 amide bonds. The second kappa shape index (κ2) is 9.42. The minimum absolute atomic E-state index is 0.0276.